The van der Waals surface area contributed by atoms with Crippen LogP contribution in [0.2, 0.25) is 0 Å². The van der Waals surface area contributed by atoms with Gasteiger partial charge in [0.25, 0.3) is 0 Å². The Morgan fingerprint density at radius 1 is 0.931 bits per heavy atom. The van der Waals surface area contributed by atoms with E-state index in [0.717, 1.165) is 25.7 Å². The van der Waals surface area contributed by atoms with Gasteiger partial charge in [0, 0.05) is 11.6 Å². The van der Waals surface area contributed by atoms with Crippen LogP contribution in [0, 0.1) is 0 Å². The molecule has 1 unspecified atom stereocenters. The fraction of sp³-hybridized carbons (Fsp3) is 0.444. The number of nitrogens with zero attached hydrogens (tertiary/aromatic N) is 1. The minimum absolute atomic E-state index is 0.0308. The minimum Gasteiger partial charge on any atom is -0.508 e. The molecular weight excluding hydrogens is 354 g/mol. The Morgan fingerprint density at radius 3 is 2.31 bits per heavy atom. The first-order valence-electron chi connectivity index (χ1n) is 11.3. The van der Waals surface area contributed by atoms with E-state index in [4.69, 9.17) is 4.99 Å². The summed E-state index contributed by atoms with van der Waals surface area (Å²) in [6.07, 6.45) is 15.1. The highest BCUT2D eigenvalue weighted by atomic mass is 16.3. The summed E-state index contributed by atoms with van der Waals surface area (Å²) in [6, 6.07) is 18.8. The maximum atomic E-state index is 9.87. The molecule has 2 nitrogen and oxygen atoms in total. The number of phenolic OH excluding ortho intramolecular Hbond substituents is 1. The average molecular weight is 388 g/mol. The topological polar surface area (TPSA) is 32.6 Å². The lowest BCUT2D eigenvalue weighted by atomic mass is 9.57. The fourth-order valence-corrected chi connectivity index (χ4v) is 5.52. The van der Waals surface area contributed by atoms with Crippen molar-refractivity contribution in [1.82, 2.24) is 0 Å². The molecule has 0 saturated heterocycles. The van der Waals surface area contributed by atoms with E-state index >= 15 is 0 Å². The summed E-state index contributed by atoms with van der Waals surface area (Å²) < 4.78 is 0. The van der Waals surface area contributed by atoms with Gasteiger partial charge in [-0.25, -0.2) is 0 Å². The van der Waals surface area contributed by atoms with Gasteiger partial charge < -0.3 is 5.11 Å². The first kappa shape index (κ1) is 19.9. The van der Waals surface area contributed by atoms with Crippen molar-refractivity contribution in [2.24, 2.45) is 4.99 Å². The van der Waals surface area contributed by atoms with Gasteiger partial charge in [-0.1, -0.05) is 74.7 Å². The highest BCUT2D eigenvalue weighted by Gasteiger charge is 2.52. The quantitative estimate of drug-likeness (QED) is 0.558. The van der Waals surface area contributed by atoms with E-state index in [9.17, 15) is 5.11 Å². The average Bonchev–Trinajstić information content (AvgIpc) is 3.21. The number of rotatable bonds is 7. The van der Waals surface area contributed by atoms with Gasteiger partial charge in [-0.2, -0.15) is 0 Å². The first-order chi connectivity index (χ1) is 14.2. The molecule has 0 spiro atoms. The van der Waals surface area contributed by atoms with Gasteiger partial charge in [0.05, 0.1) is 5.54 Å². The van der Waals surface area contributed by atoms with Crippen molar-refractivity contribution in [3.8, 4) is 5.75 Å². The molecule has 29 heavy (non-hydrogen) atoms. The third kappa shape index (κ3) is 3.90. The van der Waals surface area contributed by atoms with Crippen molar-refractivity contribution in [1.29, 1.82) is 0 Å². The Balaban J connectivity index is 1.69. The van der Waals surface area contributed by atoms with Gasteiger partial charge in [0.1, 0.15) is 5.75 Å². The summed E-state index contributed by atoms with van der Waals surface area (Å²) in [7, 11) is 0. The second-order valence-corrected chi connectivity index (χ2v) is 8.78. The van der Waals surface area contributed by atoms with Crippen molar-refractivity contribution in [2.75, 3.05) is 0 Å². The summed E-state index contributed by atoms with van der Waals surface area (Å²) in [5, 5.41) is 9.87. The third-order valence-electron chi connectivity index (χ3n) is 7.12. The van der Waals surface area contributed by atoms with Crippen LogP contribution in [0.3, 0.4) is 0 Å². The molecule has 0 amide bonds. The lowest BCUT2D eigenvalue weighted by molar-refractivity contribution is 0.182. The van der Waals surface area contributed by atoms with Gasteiger partial charge >= 0.3 is 0 Å². The van der Waals surface area contributed by atoms with Crippen molar-refractivity contribution >= 4 is 6.21 Å². The van der Waals surface area contributed by atoms with Crippen LogP contribution in [0.5, 0.6) is 5.75 Å². The van der Waals surface area contributed by atoms with Gasteiger partial charge in [0.2, 0.25) is 0 Å². The lowest BCUT2D eigenvalue weighted by Gasteiger charge is -2.49. The molecule has 2 aromatic carbocycles. The van der Waals surface area contributed by atoms with Crippen LogP contribution in [-0.2, 0) is 11.8 Å². The van der Waals surface area contributed by atoms with Gasteiger partial charge in [0.15, 0.2) is 0 Å². The Kier molecular flexibility index (Phi) is 5.89. The predicted molar refractivity (Wildman–Crippen MR) is 122 cm³/mol. The summed E-state index contributed by atoms with van der Waals surface area (Å²) in [5.74, 6) is 0.345. The lowest BCUT2D eigenvalue weighted by Crippen LogP contribution is -2.49. The van der Waals surface area contributed by atoms with Crippen molar-refractivity contribution in [3.63, 3.8) is 0 Å². The van der Waals surface area contributed by atoms with E-state index in [1.165, 1.54) is 48.8 Å². The maximum absolute atomic E-state index is 9.87. The number of aliphatic imine (C=N–C) groups is 1. The summed E-state index contributed by atoms with van der Waals surface area (Å²) in [5.41, 5.74) is 3.99. The molecule has 0 radical (unpaired) electrons. The largest absolute Gasteiger partial charge is 0.508 e. The summed E-state index contributed by atoms with van der Waals surface area (Å²) in [4.78, 5) is 5.27. The number of aromatic hydroxyl groups is 1. The Morgan fingerprint density at radius 2 is 1.66 bits per heavy atom. The molecule has 0 aromatic heterocycles. The molecular formula is C27H33NO. The van der Waals surface area contributed by atoms with E-state index in [-0.39, 0.29) is 11.0 Å². The van der Waals surface area contributed by atoms with E-state index in [2.05, 4.69) is 61.7 Å². The molecule has 4 rings (SSSR count). The first-order valence-corrected chi connectivity index (χ1v) is 11.3. The molecule has 2 aromatic rings. The normalized spacial score (nSPS) is 23.1. The van der Waals surface area contributed by atoms with Crippen LogP contribution in [0.1, 0.15) is 69.4 Å². The molecule has 1 saturated carbocycles. The molecule has 1 heterocycles. The van der Waals surface area contributed by atoms with Crippen LogP contribution in [-0.4, -0.2) is 16.9 Å². The van der Waals surface area contributed by atoms with E-state index in [0.29, 0.717) is 5.75 Å². The molecule has 1 atom stereocenters. The van der Waals surface area contributed by atoms with Crippen molar-refractivity contribution in [3.05, 3.63) is 77.4 Å². The number of hydrogen-bond acceptors (Lipinski definition) is 2. The smallest absolute Gasteiger partial charge is 0.115 e. The van der Waals surface area contributed by atoms with Gasteiger partial charge in [-0.15, -0.1) is 0 Å². The zero-order valence-corrected chi connectivity index (χ0v) is 17.6. The number of phenols is 1. The number of hydrogen-bond donors (Lipinski definition) is 1. The van der Waals surface area contributed by atoms with E-state index in [1.807, 2.05) is 12.1 Å². The second-order valence-electron chi connectivity index (χ2n) is 8.78. The maximum Gasteiger partial charge on any atom is 0.115 e. The van der Waals surface area contributed by atoms with Crippen LogP contribution >= 0.6 is 0 Å². The zero-order valence-electron chi connectivity index (χ0n) is 17.6. The second kappa shape index (κ2) is 8.57. The number of benzene rings is 2. The molecule has 0 bridgehead atoms. The molecule has 1 fully saturated rings. The molecule has 1 aliphatic carbocycles. The Hall–Kier alpha value is -2.35. The molecule has 2 heteroatoms. The highest BCUT2D eigenvalue weighted by Crippen LogP contribution is 2.53. The van der Waals surface area contributed by atoms with E-state index in [1.54, 1.807) is 0 Å². The number of aryl methyl sites for hydroxylation is 1. The summed E-state index contributed by atoms with van der Waals surface area (Å²) >= 11 is 0. The van der Waals surface area contributed by atoms with Crippen LogP contribution < -0.4 is 0 Å². The van der Waals surface area contributed by atoms with Gasteiger partial charge in [-0.05, 0) is 67.4 Å². The van der Waals surface area contributed by atoms with Gasteiger partial charge in [-0.3, -0.25) is 4.99 Å². The Labute approximate surface area is 175 Å². The molecule has 1 N–H and O–H groups in total. The minimum atomic E-state index is -0.162. The zero-order chi connectivity index (χ0) is 20.2. The van der Waals surface area contributed by atoms with Crippen molar-refractivity contribution in [2.45, 2.75) is 75.7 Å². The van der Waals surface area contributed by atoms with Crippen molar-refractivity contribution < 1.29 is 5.11 Å². The molecule has 2 aliphatic rings. The Bertz CT molecular complexity index is 859. The van der Waals surface area contributed by atoms with E-state index < -0.39 is 0 Å². The fourth-order valence-electron chi connectivity index (χ4n) is 5.52. The van der Waals surface area contributed by atoms with Crippen LogP contribution in [0.25, 0.3) is 0 Å². The molecule has 152 valence electrons. The van der Waals surface area contributed by atoms with Crippen LogP contribution in [0.15, 0.2) is 71.2 Å². The molecule has 1 aliphatic heterocycles. The monoisotopic (exact) mass is 387 g/mol. The van der Waals surface area contributed by atoms with Crippen LogP contribution in [0.4, 0.5) is 0 Å². The summed E-state index contributed by atoms with van der Waals surface area (Å²) in [6.45, 7) is 2.23. The SMILES string of the molecule is CCC1=CC(CCCc2ccccc2)(C2(c3ccc(O)cc3)CCCCC2)N=C1. The third-order valence-corrected chi connectivity index (χ3v) is 7.12. The predicted octanol–water partition coefficient (Wildman–Crippen LogP) is 6.78. The highest BCUT2D eigenvalue weighted by molar-refractivity contribution is 5.83. The number of allylic oxidation sites excluding steroid dienone is 1. The standard InChI is InChI=1S/C27H33NO/c1-2-22-20-27(28-21-22,19-9-12-23-10-5-3-6-11-23)26(17-7-4-8-18-26)24-13-15-25(29)16-14-24/h3,5-6,10-11,13-16,20-21,29H,2,4,7-9,12,17-19H2,1H3.